The van der Waals surface area contributed by atoms with Crippen LogP contribution in [-0.4, -0.2) is 19.5 Å². The third-order valence-corrected chi connectivity index (χ3v) is 6.00. The molecular formula is C16H15N3O4S2. The maximum atomic E-state index is 12.6. The Hall–Kier alpha value is -2.65. The number of nitrogens with one attached hydrogen (secondary N) is 2. The fourth-order valence-corrected chi connectivity index (χ4v) is 4.84. The lowest BCUT2D eigenvalue weighted by Gasteiger charge is -2.08. The lowest BCUT2D eigenvalue weighted by atomic mass is 10.3. The molecule has 0 atom stereocenters. The summed E-state index contributed by atoms with van der Waals surface area (Å²) in [5, 5.41) is 6.26. The van der Waals surface area contributed by atoms with E-state index in [1.54, 1.807) is 43.3 Å². The van der Waals surface area contributed by atoms with E-state index in [9.17, 15) is 13.2 Å². The molecular weight excluding hydrogens is 362 g/mol. The van der Waals surface area contributed by atoms with Gasteiger partial charge in [-0.25, -0.2) is 8.42 Å². The van der Waals surface area contributed by atoms with Gasteiger partial charge < -0.3 is 9.84 Å². The van der Waals surface area contributed by atoms with Gasteiger partial charge in [-0.05, 0) is 37.3 Å². The number of sulfonamides is 1. The van der Waals surface area contributed by atoms with Crippen LogP contribution in [0.25, 0.3) is 10.6 Å². The molecule has 0 saturated carbocycles. The zero-order chi connectivity index (χ0) is 18.0. The Balaban J connectivity index is 1.83. The zero-order valence-electron chi connectivity index (χ0n) is 13.4. The molecule has 3 aromatic rings. The first kappa shape index (κ1) is 17.2. The van der Waals surface area contributed by atoms with Crippen molar-refractivity contribution in [2.45, 2.75) is 18.7 Å². The molecule has 0 fully saturated rings. The van der Waals surface area contributed by atoms with E-state index in [0.29, 0.717) is 26.9 Å². The van der Waals surface area contributed by atoms with Crippen molar-refractivity contribution in [1.29, 1.82) is 0 Å². The topological polar surface area (TPSA) is 101 Å². The molecule has 0 radical (unpaired) electrons. The number of aromatic nitrogens is 1. The molecule has 130 valence electrons. The first-order chi connectivity index (χ1) is 11.8. The summed E-state index contributed by atoms with van der Waals surface area (Å²) in [5.74, 6) is 0.330. The second kappa shape index (κ2) is 6.69. The van der Waals surface area contributed by atoms with E-state index in [-0.39, 0.29) is 10.8 Å². The van der Waals surface area contributed by atoms with Gasteiger partial charge in [-0.1, -0.05) is 5.16 Å². The second-order valence-corrected chi connectivity index (χ2v) is 8.18. The van der Waals surface area contributed by atoms with Gasteiger partial charge in [0, 0.05) is 29.2 Å². The smallest absolute Gasteiger partial charge is 0.263 e. The Morgan fingerprint density at radius 2 is 1.84 bits per heavy atom. The van der Waals surface area contributed by atoms with E-state index < -0.39 is 10.0 Å². The van der Waals surface area contributed by atoms with Gasteiger partial charge >= 0.3 is 0 Å². The van der Waals surface area contributed by atoms with Gasteiger partial charge in [0.1, 0.15) is 4.90 Å². The molecule has 0 spiro atoms. The zero-order valence-corrected chi connectivity index (χ0v) is 15.1. The normalized spacial score (nSPS) is 11.3. The molecule has 1 amide bonds. The Labute approximate surface area is 148 Å². The van der Waals surface area contributed by atoms with Gasteiger partial charge in [0.05, 0.1) is 11.1 Å². The minimum atomic E-state index is -3.74. The Morgan fingerprint density at radius 1 is 1.16 bits per heavy atom. The maximum absolute atomic E-state index is 12.6. The number of carbonyl (C=O) groups excluding carboxylic acids is 1. The van der Waals surface area contributed by atoms with Crippen molar-refractivity contribution in [2.75, 3.05) is 10.0 Å². The van der Waals surface area contributed by atoms with Crippen LogP contribution in [0.15, 0.2) is 52.0 Å². The van der Waals surface area contributed by atoms with Crippen molar-refractivity contribution in [2.24, 2.45) is 0 Å². The molecule has 2 aromatic heterocycles. The van der Waals surface area contributed by atoms with Gasteiger partial charge in [-0.15, -0.1) is 11.3 Å². The summed E-state index contributed by atoms with van der Waals surface area (Å²) in [7, 11) is -3.74. The number of anilines is 2. The van der Waals surface area contributed by atoms with Gasteiger partial charge in [-0.3, -0.25) is 9.52 Å². The molecule has 0 aliphatic heterocycles. The first-order valence-electron chi connectivity index (χ1n) is 7.27. The maximum Gasteiger partial charge on any atom is 0.263 e. The molecule has 3 rings (SSSR count). The lowest BCUT2D eigenvalue weighted by molar-refractivity contribution is -0.114. The van der Waals surface area contributed by atoms with Crippen molar-refractivity contribution in [1.82, 2.24) is 5.16 Å². The highest BCUT2D eigenvalue weighted by Gasteiger charge is 2.21. The largest absolute Gasteiger partial charge is 0.355 e. The molecule has 9 heteroatoms. The molecule has 7 nitrogen and oxygen atoms in total. The van der Waals surface area contributed by atoms with Crippen LogP contribution in [0.1, 0.15) is 11.8 Å². The number of hydrogen-bond donors (Lipinski definition) is 2. The van der Waals surface area contributed by atoms with E-state index in [1.165, 1.54) is 24.5 Å². The van der Waals surface area contributed by atoms with Crippen LogP contribution in [0, 0.1) is 6.92 Å². The minimum Gasteiger partial charge on any atom is -0.355 e. The van der Waals surface area contributed by atoms with Crippen molar-refractivity contribution in [3.05, 3.63) is 47.5 Å². The van der Waals surface area contributed by atoms with Crippen LogP contribution < -0.4 is 10.0 Å². The number of nitrogens with zero attached hydrogens (tertiary/aromatic N) is 1. The summed E-state index contributed by atoms with van der Waals surface area (Å²) in [6, 6.07) is 9.66. The fraction of sp³-hybridized carbons (Fsp3) is 0.125. The average Bonchev–Trinajstić information content (AvgIpc) is 3.17. The van der Waals surface area contributed by atoms with E-state index >= 15 is 0 Å². The Kier molecular flexibility index (Phi) is 4.60. The van der Waals surface area contributed by atoms with Gasteiger partial charge in [0.2, 0.25) is 5.91 Å². The number of aryl methyl sites for hydroxylation is 1. The van der Waals surface area contributed by atoms with Gasteiger partial charge in [-0.2, -0.15) is 0 Å². The van der Waals surface area contributed by atoms with Crippen molar-refractivity contribution >= 4 is 38.6 Å². The number of carbonyl (C=O) groups is 1. The first-order valence-corrected chi connectivity index (χ1v) is 9.57. The standard InChI is InChI=1S/C16H15N3O4S2/c1-10-16(9-15(24-10)14-7-8-17-23-14)25(21,22)19-13-5-3-12(4-6-13)18-11(2)20/h3-9,19H,1-2H3,(H,18,20). The van der Waals surface area contributed by atoms with Crippen LogP contribution in [0.2, 0.25) is 0 Å². The van der Waals surface area contributed by atoms with Crippen molar-refractivity contribution in [3.63, 3.8) is 0 Å². The predicted octanol–water partition coefficient (Wildman–Crippen LogP) is 3.47. The highest BCUT2D eigenvalue weighted by atomic mass is 32.2. The summed E-state index contributed by atoms with van der Waals surface area (Å²) >= 11 is 1.32. The predicted molar refractivity (Wildman–Crippen MR) is 96.1 cm³/mol. The second-order valence-electron chi connectivity index (χ2n) is 5.27. The molecule has 0 unspecified atom stereocenters. The molecule has 25 heavy (non-hydrogen) atoms. The van der Waals surface area contributed by atoms with Crippen molar-refractivity contribution < 1.29 is 17.7 Å². The van der Waals surface area contributed by atoms with Crippen LogP contribution in [0.5, 0.6) is 0 Å². The SMILES string of the molecule is CC(=O)Nc1ccc(NS(=O)(=O)c2cc(-c3ccno3)sc2C)cc1. The minimum absolute atomic E-state index is 0.190. The highest BCUT2D eigenvalue weighted by molar-refractivity contribution is 7.93. The van der Waals surface area contributed by atoms with Crippen LogP contribution in [0.3, 0.4) is 0 Å². The quantitative estimate of drug-likeness (QED) is 0.709. The third-order valence-electron chi connectivity index (χ3n) is 3.30. The number of amides is 1. The lowest BCUT2D eigenvalue weighted by Crippen LogP contribution is -2.13. The van der Waals surface area contributed by atoms with Crippen LogP contribution in [0.4, 0.5) is 11.4 Å². The number of benzene rings is 1. The van der Waals surface area contributed by atoms with E-state index in [4.69, 9.17) is 4.52 Å². The average molecular weight is 377 g/mol. The van der Waals surface area contributed by atoms with E-state index in [0.717, 1.165) is 0 Å². The number of rotatable bonds is 5. The Morgan fingerprint density at radius 3 is 2.44 bits per heavy atom. The molecule has 1 aromatic carbocycles. The molecule has 0 aliphatic carbocycles. The molecule has 2 heterocycles. The Bertz CT molecular complexity index is 991. The van der Waals surface area contributed by atoms with Crippen LogP contribution >= 0.6 is 11.3 Å². The van der Waals surface area contributed by atoms with Gasteiger partial charge in [0.15, 0.2) is 5.76 Å². The summed E-state index contributed by atoms with van der Waals surface area (Å²) < 4.78 is 32.9. The van der Waals surface area contributed by atoms with Crippen molar-refractivity contribution in [3.8, 4) is 10.6 Å². The monoisotopic (exact) mass is 377 g/mol. The van der Waals surface area contributed by atoms with E-state index in [2.05, 4.69) is 15.2 Å². The fourth-order valence-electron chi connectivity index (χ4n) is 2.23. The number of hydrogen-bond acceptors (Lipinski definition) is 6. The summed E-state index contributed by atoms with van der Waals surface area (Å²) in [4.78, 5) is 12.5. The highest BCUT2D eigenvalue weighted by Crippen LogP contribution is 2.34. The van der Waals surface area contributed by atoms with Gasteiger partial charge in [0.25, 0.3) is 10.0 Å². The summed E-state index contributed by atoms with van der Waals surface area (Å²) in [6.07, 6.45) is 1.51. The molecule has 0 aliphatic rings. The summed E-state index contributed by atoms with van der Waals surface area (Å²) in [5.41, 5.74) is 0.996. The molecule has 0 saturated heterocycles. The van der Waals surface area contributed by atoms with E-state index in [1.807, 2.05) is 0 Å². The molecule has 2 N–H and O–H groups in total. The number of thiophene rings is 1. The molecule has 0 bridgehead atoms. The van der Waals surface area contributed by atoms with Crippen LogP contribution in [-0.2, 0) is 14.8 Å². The summed E-state index contributed by atoms with van der Waals surface area (Å²) in [6.45, 7) is 3.14. The third kappa shape index (κ3) is 3.89.